The van der Waals surface area contributed by atoms with Crippen LogP contribution in [0.2, 0.25) is 0 Å². The first kappa shape index (κ1) is 33.8. The third-order valence-electron chi connectivity index (χ3n) is 12.3. The standard InChI is InChI=1S/C41H51N7O3/c1-24(2)25(3)41(50)48-35(14-17-46(48)5)38-42-22-33(44-38)30-10-6-28(7-11-30)29-8-12-31(13-9-29)34-23-43-39(45-34)37-21-32-20-36(32)47(37)40(49)26(4)27-15-18-51-19-16-27/h6-13,22-27,32,35-37H,14-21H2,1-5H3,(H,42,44)(H,43,45). The van der Waals surface area contributed by atoms with Gasteiger partial charge in [0.25, 0.3) is 0 Å². The van der Waals surface area contributed by atoms with E-state index in [2.05, 4.69) is 84.2 Å². The van der Waals surface area contributed by atoms with Crippen LogP contribution in [-0.2, 0) is 14.3 Å². The number of piperidine rings is 1. The lowest BCUT2D eigenvalue weighted by molar-refractivity contribution is -0.151. The average Bonchev–Trinajstić information content (AvgIpc) is 3.64. The lowest BCUT2D eigenvalue weighted by Crippen LogP contribution is -2.44. The van der Waals surface area contributed by atoms with Gasteiger partial charge in [0.2, 0.25) is 11.8 Å². The topological polar surface area (TPSA) is 110 Å². The van der Waals surface area contributed by atoms with Crippen LogP contribution in [0.15, 0.2) is 60.9 Å². The highest BCUT2D eigenvalue weighted by atomic mass is 16.5. The first-order valence-electron chi connectivity index (χ1n) is 18.9. The van der Waals surface area contributed by atoms with Gasteiger partial charge >= 0.3 is 0 Å². The molecular formula is C41H51N7O3. The van der Waals surface area contributed by atoms with Crippen LogP contribution >= 0.6 is 0 Å². The maximum atomic E-state index is 13.8. The molecule has 10 heteroatoms. The Morgan fingerprint density at radius 3 is 1.86 bits per heavy atom. The summed E-state index contributed by atoms with van der Waals surface area (Å²) >= 11 is 0. The largest absolute Gasteiger partial charge is 0.381 e. The van der Waals surface area contributed by atoms with E-state index in [-0.39, 0.29) is 41.7 Å². The van der Waals surface area contributed by atoms with Crippen LogP contribution in [0.4, 0.5) is 0 Å². The normalized spacial score (nSPS) is 25.0. The maximum absolute atomic E-state index is 13.8. The van der Waals surface area contributed by atoms with E-state index >= 15 is 0 Å². The molecule has 3 aliphatic heterocycles. The Hall–Kier alpha value is -4.28. The SMILES string of the molecule is CC(C)C(C)C(=O)N1C(c2ncc(-c3ccc(-c4ccc(-c5cnc(C6CC7CC7N6C(=O)C(C)C6CCOCC6)[nH]5)cc4)cc3)[nH]2)CCN1C. The molecule has 4 aromatic rings. The molecule has 4 aliphatic rings. The second-order valence-corrected chi connectivity index (χ2v) is 15.7. The van der Waals surface area contributed by atoms with E-state index in [1.807, 2.05) is 36.4 Å². The zero-order valence-electron chi connectivity index (χ0n) is 30.5. The number of nitrogens with zero attached hydrogens (tertiary/aromatic N) is 5. The van der Waals surface area contributed by atoms with Crippen molar-refractivity contribution in [1.29, 1.82) is 0 Å². The third kappa shape index (κ3) is 6.41. The molecule has 2 amide bonds. The lowest BCUT2D eigenvalue weighted by atomic mass is 9.86. The van der Waals surface area contributed by atoms with Crippen LogP contribution in [-0.4, -0.2) is 79.5 Å². The summed E-state index contributed by atoms with van der Waals surface area (Å²) in [5.41, 5.74) is 6.30. The summed E-state index contributed by atoms with van der Waals surface area (Å²) in [6, 6.07) is 17.4. The molecule has 2 N–H and O–H groups in total. The summed E-state index contributed by atoms with van der Waals surface area (Å²) in [6.45, 7) is 10.7. The van der Waals surface area contributed by atoms with E-state index in [0.717, 1.165) is 97.2 Å². The Bertz CT molecular complexity index is 1860. The molecule has 2 aromatic carbocycles. The van der Waals surface area contributed by atoms with Gasteiger partial charge in [-0.05, 0) is 72.1 Å². The fourth-order valence-electron chi connectivity index (χ4n) is 8.51. The van der Waals surface area contributed by atoms with Crippen molar-refractivity contribution in [3.05, 3.63) is 72.6 Å². The molecule has 4 fully saturated rings. The van der Waals surface area contributed by atoms with Gasteiger partial charge in [-0.25, -0.2) is 15.0 Å². The van der Waals surface area contributed by atoms with Crippen LogP contribution in [0.25, 0.3) is 33.6 Å². The predicted molar refractivity (Wildman–Crippen MR) is 197 cm³/mol. The summed E-state index contributed by atoms with van der Waals surface area (Å²) in [5, 5.41) is 3.93. The van der Waals surface area contributed by atoms with Gasteiger partial charge in [-0.15, -0.1) is 0 Å². The van der Waals surface area contributed by atoms with Crippen molar-refractivity contribution < 1.29 is 14.3 Å². The molecule has 8 rings (SSSR count). The molecule has 51 heavy (non-hydrogen) atoms. The number of aromatic nitrogens is 4. The van der Waals surface area contributed by atoms with Crippen LogP contribution in [0.5, 0.6) is 0 Å². The van der Waals surface area contributed by atoms with Crippen LogP contribution in [0.1, 0.15) is 83.5 Å². The second kappa shape index (κ2) is 13.7. The van der Waals surface area contributed by atoms with Crippen molar-refractivity contribution in [2.24, 2.45) is 29.6 Å². The monoisotopic (exact) mass is 689 g/mol. The Morgan fingerprint density at radius 2 is 1.29 bits per heavy atom. The first-order chi connectivity index (χ1) is 24.7. The fourth-order valence-corrected chi connectivity index (χ4v) is 8.51. The number of ether oxygens (including phenoxy) is 1. The van der Waals surface area contributed by atoms with Crippen LogP contribution < -0.4 is 0 Å². The van der Waals surface area contributed by atoms with Crippen molar-refractivity contribution in [2.75, 3.05) is 26.8 Å². The summed E-state index contributed by atoms with van der Waals surface area (Å²) in [6.07, 6.45) is 8.69. The number of fused-ring (bicyclic) bond motifs is 1. The lowest BCUT2D eigenvalue weighted by Gasteiger charge is -2.33. The van der Waals surface area contributed by atoms with Crippen molar-refractivity contribution in [1.82, 2.24) is 34.9 Å². The number of aromatic amines is 2. The number of rotatable bonds is 9. The number of likely N-dealkylation sites (tertiary alicyclic amines) is 1. The molecule has 5 heterocycles. The number of hydrazine groups is 1. The zero-order chi connectivity index (χ0) is 35.4. The number of hydrogen-bond acceptors (Lipinski definition) is 6. The van der Waals surface area contributed by atoms with Crippen molar-refractivity contribution in [3.8, 4) is 33.6 Å². The number of benzene rings is 2. The number of nitrogens with one attached hydrogen (secondary N) is 2. The van der Waals surface area contributed by atoms with Gasteiger partial charge < -0.3 is 19.6 Å². The number of imidazole rings is 2. The molecule has 1 saturated carbocycles. The predicted octanol–water partition coefficient (Wildman–Crippen LogP) is 7.27. The summed E-state index contributed by atoms with van der Waals surface area (Å²) in [4.78, 5) is 45.9. The molecule has 1 aliphatic carbocycles. The molecule has 0 radical (unpaired) electrons. The highest BCUT2D eigenvalue weighted by Crippen LogP contribution is 2.54. The third-order valence-corrected chi connectivity index (χ3v) is 12.3. The van der Waals surface area contributed by atoms with Gasteiger partial charge in [0.1, 0.15) is 17.7 Å². The first-order valence-corrected chi connectivity index (χ1v) is 18.9. The van der Waals surface area contributed by atoms with E-state index in [1.165, 1.54) is 0 Å². The van der Waals surface area contributed by atoms with Gasteiger partial charge in [-0.1, -0.05) is 76.2 Å². The zero-order valence-corrected chi connectivity index (χ0v) is 30.5. The quantitative estimate of drug-likeness (QED) is 0.191. The molecule has 3 saturated heterocycles. The molecule has 6 unspecified atom stereocenters. The molecule has 2 aromatic heterocycles. The molecule has 0 bridgehead atoms. The van der Waals surface area contributed by atoms with Crippen LogP contribution in [0.3, 0.4) is 0 Å². The minimum atomic E-state index is -0.0859. The molecular weight excluding hydrogens is 638 g/mol. The van der Waals surface area contributed by atoms with E-state index in [0.29, 0.717) is 17.9 Å². The van der Waals surface area contributed by atoms with Gasteiger partial charge in [-0.3, -0.25) is 14.6 Å². The maximum Gasteiger partial charge on any atom is 0.240 e. The van der Waals surface area contributed by atoms with E-state index < -0.39 is 0 Å². The summed E-state index contributed by atoms with van der Waals surface area (Å²) < 4.78 is 5.56. The second-order valence-electron chi connectivity index (χ2n) is 15.7. The number of carbonyl (C=O) groups is 2. The molecule has 10 nitrogen and oxygen atoms in total. The Balaban J connectivity index is 0.930. The van der Waals surface area contributed by atoms with Crippen molar-refractivity contribution >= 4 is 11.8 Å². The summed E-state index contributed by atoms with van der Waals surface area (Å²) in [5.74, 6) is 3.41. The fraction of sp³-hybridized carbons (Fsp3) is 0.512. The van der Waals surface area contributed by atoms with E-state index in [1.54, 1.807) is 0 Å². The molecule has 6 atom stereocenters. The summed E-state index contributed by atoms with van der Waals surface area (Å²) in [7, 11) is 1.98. The highest BCUT2D eigenvalue weighted by Gasteiger charge is 2.56. The number of amides is 2. The Morgan fingerprint density at radius 1 is 0.745 bits per heavy atom. The number of carbonyl (C=O) groups excluding carboxylic acids is 2. The van der Waals surface area contributed by atoms with Gasteiger partial charge in [0, 0.05) is 44.7 Å². The number of H-pyrrole nitrogens is 2. The van der Waals surface area contributed by atoms with Gasteiger partial charge in [0.05, 0.1) is 29.8 Å². The van der Waals surface area contributed by atoms with Crippen LogP contribution in [0, 0.1) is 29.6 Å². The minimum Gasteiger partial charge on any atom is -0.381 e. The van der Waals surface area contributed by atoms with Gasteiger partial charge in [-0.2, -0.15) is 0 Å². The Labute approximate surface area is 301 Å². The van der Waals surface area contributed by atoms with Gasteiger partial charge in [0.15, 0.2) is 0 Å². The van der Waals surface area contributed by atoms with Crippen molar-refractivity contribution in [2.45, 2.75) is 77.9 Å². The smallest absolute Gasteiger partial charge is 0.240 e. The average molecular weight is 690 g/mol. The Kier molecular flexibility index (Phi) is 9.09. The van der Waals surface area contributed by atoms with E-state index in [9.17, 15) is 9.59 Å². The minimum absolute atomic E-state index is 0.0179. The van der Waals surface area contributed by atoms with E-state index in [4.69, 9.17) is 14.7 Å². The number of hydrogen-bond donors (Lipinski definition) is 2. The van der Waals surface area contributed by atoms with Crippen molar-refractivity contribution in [3.63, 3.8) is 0 Å². The molecule has 268 valence electrons. The molecule has 0 spiro atoms. The highest BCUT2D eigenvalue weighted by molar-refractivity contribution is 5.81.